The average molecular weight is 408 g/mol. The number of hydrogen-bond donors (Lipinski definition) is 2. The van der Waals surface area contributed by atoms with Gasteiger partial charge in [0, 0.05) is 17.8 Å². The molecule has 0 radical (unpaired) electrons. The minimum atomic E-state index is 0.357. The van der Waals surface area contributed by atoms with Crippen molar-refractivity contribution in [1.29, 1.82) is 5.26 Å². The molecule has 0 unspecified atom stereocenters. The highest BCUT2D eigenvalue weighted by Gasteiger charge is 2.06. The first kappa shape index (κ1) is 18.0. The first-order valence-corrected chi connectivity index (χ1v) is 8.99. The monoisotopic (exact) mass is 407 g/mol. The third kappa shape index (κ3) is 4.85. The van der Waals surface area contributed by atoms with E-state index in [1.54, 1.807) is 6.07 Å². The van der Waals surface area contributed by atoms with Gasteiger partial charge in [-0.15, -0.1) is 0 Å². The molecule has 4 nitrogen and oxygen atoms in total. The van der Waals surface area contributed by atoms with Gasteiger partial charge in [0.25, 0.3) is 0 Å². The van der Waals surface area contributed by atoms with Crippen LogP contribution in [0.3, 0.4) is 0 Å². The maximum atomic E-state index is 9.14. The predicted molar refractivity (Wildman–Crippen MR) is 107 cm³/mol. The van der Waals surface area contributed by atoms with Gasteiger partial charge in [-0.05, 0) is 51.8 Å². The van der Waals surface area contributed by atoms with E-state index in [2.05, 4.69) is 32.9 Å². The van der Waals surface area contributed by atoms with E-state index in [0.29, 0.717) is 18.7 Å². The summed E-state index contributed by atoms with van der Waals surface area (Å²) in [7, 11) is 0. The normalized spacial score (nSPS) is 10.2. The minimum absolute atomic E-state index is 0.357. The second-order valence-corrected chi connectivity index (χ2v) is 6.52. The fourth-order valence-electron chi connectivity index (χ4n) is 2.45. The van der Waals surface area contributed by atoms with Crippen molar-refractivity contribution in [2.24, 2.45) is 0 Å². The smallest absolute Gasteiger partial charge is 0.134 e. The molecule has 0 bridgehead atoms. The molecule has 0 aliphatic carbocycles. The van der Waals surface area contributed by atoms with Crippen molar-refractivity contribution in [3.63, 3.8) is 0 Å². The Bertz CT molecular complexity index is 907. The van der Waals surface area contributed by atoms with E-state index in [4.69, 9.17) is 10.00 Å². The van der Waals surface area contributed by atoms with E-state index in [1.165, 1.54) is 0 Å². The molecule has 0 fully saturated rings. The lowest BCUT2D eigenvalue weighted by Crippen LogP contribution is -2.20. The van der Waals surface area contributed by atoms with Crippen LogP contribution in [0.25, 0.3) is 0 Å². The van der Waals surface area contributed by atoms with Crippen molar-refractivity contribution in [3.05, 3.63) is 94.0 Å². The third-order valence-corrected chi connectivity index (χ3v) is 4.44. The molecule has 0 amide bonds. The molecule has 0 saturated carbocycles. The highest BCUT2D eigenvalue weighted by molar-refractivity contribution is 9.10. The molecule has 3 rings (SSSR count). The molecular formula is C21H18BrN3O. The lowest BCUT2D eigenvalue weighted by molar-refractivity contribution is 0.304. The summed E-state index contributed by atoms with van der Waals surface area (Å²) < 4.78 is 6.74. The van der Waals surface area contributed by atoms with E-state index >= 15 is 0 Å². The van der Waals surface area contributed by atoms with Gasteiger partial charge < -0.3 is 10.2 Å². The van der Waals surface area contributed by atoms with Crippen LogP contribution in [0.15, 0.2) is 77.3 Å². The van der Waals surface area contributed by atoms with Gasteiger partial charge in [0.15, 0.2) is 0 Å². The fraction of sp³-hybridized carbons (Fsp3) is 0.0952. The zero-order valence-electron chi connectivity index (χ0n) is 14.1. The molecule has 0 aromatic heterocycles. The van der Waals surface area contributed by atoms with Crippen LogP contribution >= 0.6 is 15.9 Å². The molecule has 0 aliphatic heterocycles. The van der Waals surface area contributed by atoms with Gasteiger partial charge in [0.05, 0.1) is 16.1 Å². The first-order chi connectivity index (χ1) is 12.8. The molecule has 0 spiro atoms. The molecule has 130 valence electrons. The maximum Gasteiger partial charge on any atom is 0.134 e. The van der Waals surface area contributed by atoms with Crippen molar-refractivity contribution in [2.45, 2.75) is 13.2 Å². The van der Waals surface area contributed by atoms with Crippen molar-refractivity contribution in [3.8, 4) is 11.8 Å². The molecule has 3 aromatic carbocycles. The Hall–Kier alpha value is -2.81. The zero-order chi connectivity index (χ0) is 18.2. The van der Waals surface area contributed by atoms with E-state index < -0.39 is 0 Å². The number of anilines is 1. The van der Waals surface area contributed by atoms with Crippen molar-refractivity contribution in [2.75, 3.05) is 5.43 Å². The first-order valence-electron chi connectivity index (χ1n) is 8.19. The third-order valence-electron chi connectivity index (χ3n) is 3.82. The lowest BCUT2D eigenvalue weighted by Gasteiger charge is -2.12. The number of benzene rings is 3. The molecule has 0 saturated heterocycles. The predicted octanol–water partition coefficient (Wildman–Crippen LogP) is 5.02. The summed E-state index contributed by atoms with van der Waals surface area (Å²) in [6, 6.07) is 25.5. The Kier molecular flexibility index (Phi) is 6.26. The van der Waals surface area contributed by atoms with Gasteiger partial charge in [-0.3, -0.25) is 0 Å². The second-order valence-electron chi connectivity index (χ2n) is 5.67. The summed E-state index contributed by atoms with van der Waals surface area (Å²) in [5.74, 6) is 0.748. The molecule has 5 heteroatoms. The summed E-state index contributed by atoms with van der Waals surface area (Å²) in [5, 5.41) is 9.14. The van der Waals surface area contributed by atoms with Gasteiger partial charge in [0.2, 0.25) is 0 Å². The molecule has 26 heavy (non-hydrogen) atoms. The summed E-state index contributed by atoms with van der Waals surface area (Å²) in [5.41, 5.74) is 9.99. The molecule has 0 atom stereocenters. The summed E-state index contributed by atoms with van der Waals surface area (Å²) in [6.07, 6.45) is 0. The number of nitriles is 1. The van der Waals surface area contributed by atoms with Crippen LogP contribution in [0.5, 0.6) is 5.75 Å². The summed E-state index contributed by atoms with van der Waals surface area (Å²) in [4.78, 5) is 0. The quantitative estimate of drug-likeness (QED) is 0.540. The Labute approximate surface area is 161 Å². The van der Waals surface area contributed by atoms with Crippen LogP contribution in [0.2, 0.25) is 0 Å². The SMILES string of the molecule is N#Cc1ccccc1COc1ccc(CNNc2ccccc2)cc1Br. The largest absolute Gasteiger partial charge is 0.488 e. The van der Waals surface area contributed by atoms with E-state index in [9.17, 15) is 0 Å². The molecular weight excluding hydrogens is 390 g/mol. The van der Waals surface area contributed by atoms with Crippen LogP contribution in [-0.4, -0.2) is 0 Å². The fourth-order valence-corrected chi connectivity index (χ4v) is 2.99. The van der Waals surface area contributed by atoms with Crippen LogP contribution < -0.4 is 15.6 Å². The number of para-hydroxylation sites is 1. The molecule has 2 N–H and O–H groups in total. The number of nitrogens with zero attached hydrogens (tertiary/aromatic N) is 1. The van der Waals surface area contributed by atoms with Gasteiger partial charge in [-0.25, -0.2) is 5.43 Å². The Morgan fingerprint density at radius 3 is 2.50 bits per heavy atom. The molecule has 3 aromatic rings. The van der Waals surface area contributed by atoms with Crippen LogP contribution in [0, 0.1) is 11.3 Å². The van der Waals surface area contributed by atoms with E-state index in [1.807, 2.05) is 66.7 Å². The Balaban J connectivity index is 1.56. The average Bonchev–Trinajstić information content (AvgIpc) is 2.68. The number of hydrogen-bond acceptors (Lipinski definition) is 4. The Morgan fingerprint density at radius 2 is 1.73 bits per heavy atom. The Morgan fingerprint density at radius 1 is 0.962 bits per heavy atom. The van der Waals surface area contributed by atoms with E-state index in [-0.39, 0.29) is 0 Å². The van der Waals surface area contributed by atoms with Gasteiger partial charge >= 0.3 is 0 Å². The number of nitrogens with one attached hydrogen (secondary N) is 2. The maximum absolute atomic E-state index is 9.14. The standard InChI is InChI=1S/C21H18BrN3O/c22-20-12-16(14-24-25-19-8-2-1-3-9-19)10-11-21(20)26-15-18-7-5-4-6-17(18)13-23/h1-12,24-25H,14-15H2. The number of hydrazine groups is 1. The summed E-state index contributed by atoms with van der Waals surface area (Å²) in [6.45, 7) is 1.03. The van der Waals surface area contributed by atoms with Gasteiger partial charge in [-0.2, -0.15) is 5.26 Å². The highest BCUT2D eigenvalue weighted by Crippen LogP contribution is 2.27. The van der Waals surface area contributed by atoms with Crippen molar-refractivity contribution >= 4 is 21.6 Å². The minimum Gasteiger partial charge on any atom is -0.488 e. The second kappa shape index (κ2) is 9.04. The summed E-state index contributed by atoms with van der Waals surface area (Å²) >= 11 is 3.55. The van der Waals surface area contributed by atoms with Crippen molar-refractivity contribution < 1.29 is 4.74 Å². The topological polar surface area (TPSA) is 57.1 Å². The number of halogens is 1. The van der Waals surface area contributed by atoms with Crippen LogP contribution in [-0.2, 0) is 13.2 Å². The molecule has 0 aliphatic rings. The van der Waals surface area contributed by atoms with Crippen LogP contribution in [0.1, 0.15) is 16.7 Å². The zero-order valence-corrected chi connectivity index (χ0v) is 15.7. The number of rotatable bonds is 7. The van der Waals surface area contributed by atoms with Crippen molar-refractivity contribution in [1.82, 2.24) is 5.43 Å². The lowest BCUT2D eigenvalue weighted by atomic mass is 10.1. The number of ether oxygens (including phenoxy) is 1. The van der Waals surface area contributed by atoms with Gasteiger partial charge in [0.1, 0.15) is 12.4 Å². The van der Waals surface area contributed by atoms with E-state index in [0.717, 1.165) is 27.0 Å². The highest BCUT2D eigenvalue weighted by atomic mass is 79.9. The van der Waals surface area contributed by atoms with Crippen LogP contribution in [0.4, 0.5) is 5.69 Å². The molecule has 0 heterocycles. The van der Waals surface area contributed by atoms with Gasteiger partial charge in [-0.1, -0.05) is 42.5 Å².